The van der Waals surface area contributed by atoms with Crippen molar-refractivity contribution in [2.45, 2.75) is 45.8 Å². The first-order valence-electron chi connectivity index (χ1n) is 5.02. The maximum absolute atomic E-state index is 9.12. The lowest BCUT2D eigenvalue weighted by Gasteiger charge is -2.30. The average molecular weight is 179 g/mol. The zero-order chi connectivity index (χ0) is 9.42. The smallest absolute Gasteiger partial charge is 0.0699 e. The van der Waals surface area contributed by atoms with Crippen LogP contribution in [-0.2, 0) is 6.61 Å². The molecule has 0 spiro atoms. The van der Waals surface area contributed by atoms with Gasteiger partial charge in [-0.1, -0.05) is 0 Å². The Bertz CT molecular complexity index is 310. The van der Waals surface area contributed by atoms with Crippen LogP contribution in [0.4, 0.5) is 0 Å². The summed E-state index contributed by atoms with van der Waals surface area (Å²) < 4.78 is 2.38. The summed E-state index contributed by atoms with van der Waals surface area (Å²) in [5, 5.41) is 9.12. The van der Waals surface area contributed by atoms with Crippen LogP contribution in [-0.4, -0.2) is 9.67 Å². The van der Waals surface area contributed by atoms with Crippen molar-refractivity contribution < 1.29 is 5.11 Å². The summed E-state index contributed by atoms with van der Waals surface area (Å²) in [6.45, 7) is 4.41. The monoisotopic (exact) mass is 179 g/mol. The van der Waals surface area contributed by atoms with Gasteiger partial charge in [0, 0.05) is 17.4 Å². The number of rotatable bonds is 2. The quantitative estimate of drug-likeness (QED) is 0.740. The molecule has 0 saturated heterocycles. The van der Waals surface area contributed by atoms with Gasteiger partial charge in [0.15, 0.2) is 0 Å². The maximum atomic E-state index is 9.12. The normalized spacial score (nSPS) is 17.5. The van der Waals surface area contributed by atoms with Gasteiger partial charge in [-0.2, -0.15) is 0 Å². The lowest BCUT2D eigenvalue weighted by atomic mass is 9.92. The van der Waals surface area contributed by atoms with Crippen LogP contribution in [0.2, 0.25) is 0 Å². The molecule has 1 saturated carbocycles. The highest BCUT2D eigenvalue weighted by Crippen LogP contribution is 2.35. The van der Waals surface area contributed by atoms with Crippen molar-refractivity contribution in [1.29, 1.82) is 0 Å². The Morgan fingerprint density at radius 2 is 2.15 bits per heavy atom. The molecule has 1 heterocycles. The standard InChI is InChI=1S/C11H17NO/c1-8-6-10(7-13)9(2)12(8)11-4-3-5-11/h6,11,13H,3-5,7H2,1-2H3. The van der Waals surface area contributed by atoms with Crippen LogP contribution in [0.25, 0.3) is 0 Å². The van der Waals surface area contributed by atoms with Crippen LogP contribution in [0, 0.1) is 13.8 Å². The van der Waals surface area contributed by atoms with Gasteiger partial charge in [-0.05, 0) is 44.7 Å². The lowest BCUT2D eigenvalue weighted by Crippen LogP contribution is -2.19. The lowest BCUT2D eigenvalue weighted by molar-refractivity contribution is 0.277. The Kier molecular flexibility index (Phi) is 2.16. The molecule has 1 N–H and O–H groups in total. The molecule has 1 aliphatic rings. The van der Waals surface area contributed by atoms with Crippen molar-refractivity contribution in [2.24, 2.45) is 0 Å². The minimum atomic E-state index is 0.173. The van der Waals surface area contributed by atoms with Crippen molar-refractivity contribution in [3.05, 3.63) is 23.0 Å². The van der Waals surface area contributed by atoms with Crippen LogP contribution >= 0.6 is 0 Å². The first-order valence-corrected chi connectivity index (χ1v) is 5.02. The van der Waals surface area contributed by atoms with E-state index < -0.39 is 0 Å². The highest BCUT2D eigenvalue weighted by atomic mass is 16.3. The molecular formula is C11H17NO. The third kappa shape index (κ3) is 1.29. The molecule has 0 bridgehead atoms. The van der Waals surface area contributed by atoms with E-state index in [-0.39, 0.29) is 6.61 Å². The predicted octanol–water partition coefficient (Wildman–Crippen LogP) is 2.32. The fraction of sp³-hybridized carbons (Fsp3) is 0.636. The molecule has 72 valence electrons. The van der Waals surface area contributed by atoms with Gasteiger partial charge >= 0.3 is 0 Å². The summed E-state index contributed by atoms with van der Waals surface area (Å²) in [5.74, 6) is 0. The minimum Gasteiger partial charge on any atom is -0.392 e. The average Bonchev–Trinajstić information content (AvgIpc) is 2.29. The van der Waals surface area contributed by atoms with Crippen molar-refractivity contribution in [3.8, 4) is 0 Å². The van der Waals surface area contributed by atoms with Crippen molar-refractivity contribution in [3.63, 3.8) is 0 Å². The minimum absolute atomic E-state index is 0.173. The molecule has 0 aliphatic heterocycles. The molecule has 13 heavy (non-hydrogen) atoms. The number of aromatic nitrogens is 1. The topological polar surface area (TPSA) is 25.2 Å². The second kappa shape index (κ2) is 3.18. The fourth-order valence-electron chi connectivity index (χ4n) is 2.21. The molecule has 0 atom stereocenters. The third-order valence-corrected chi connectivity index (χ3v) is 3.20. The summed E-state index contributed by atoms with van der Waals surface area (Å²) in [6, 6.07) is 2.81. The number of aliphatic hydroxyl groups excluding tert-OH is 1. The van der Waals surface area contributed by atoms with Crippen molar-refractivity contribution >= 4 is 0 Å². The van der Waals surface area contributed by atoms with Crippen molar-refractivity contribution in [2.75, 3.05) is 0 Å². The van der Waals surface area contributed by atoms with Gasteiger partial charge in [-0.3, -0.25) is 0 Å². The summed E-state index contributed by atoms with van der Waals surface area (Å²) >= 11 is 0. The van der Waals surface area contributed by atoms with E-state index in [1.165, 1.54) is 30.7 Å². The molecule has 1 aromatic heterocycles. The molecule has 1 aliphatic carbocycles. The Morgan fingerprint density at radius 3 is 2.54 bits per heavy atom. The predicted molar refractivity (Wildman–Crippen MR) is 52.7 cm³/mol. The van der Waals surface area contributed by atoms with E-state index in [1.54, 1.807) is 0 Å². The zero-order valence-corrected chi connectivity index (χ0v) is 8.38. The van der Waals surface area contributed by atoms with Gasteiger partial charge in [0.05, 0.1) is 6.61 Å². The van der Waals surface area contributed by atoms with Crippen molar-refractivity contribution in [1.82, 2.24) is 4.57 Å². The molecule has 1 aromatic rings. The van der Waals surface area contributed by atoms with E-state index in [0.29, 0.717) is 6.04 Å². The molecule has 0 unspecified atom stereocenters. The van der Waals surface area contributed by atoms with Crippen LogP contribution in [0.5, 0.6) is 0 Å². The van der Waals surface area contributed by atoms with Crippen LogP contribution < -0.4 is 0 Å². The van der Waals surface area contributed by atoms with Crippen LogP contribution in [0.1, 0.15) is 42.3 Å². The second-order valence-electron chi connectivity index (χ2n) is 4.01. The molecule has 2 heteroatoms. The Labute approximate surface area is 79.2 Å². The molecule has 1 fully saturated rings. The first-order chi connectivity index (χ1) is 6.24. The number of aryl methyl sites for hydroxylation is 1. The third-order valence-electron chi connectivity index (χ3n) is 3.20. The summed E-state index contributed by atoms with van der Waals surface area (Å²) in [4.78, 5) is 0. The zero-order valence-electron chi connectivity index (χ0n) is 8.38. The number of hydrogen-bond acceptors (Lipinski definition) is 1. The summed E-state index contributed by atoms with van der Waals surface area (Å²) in [6.07, 6.45) is 3.97. The summed E-state index contributed by atoms with van der Waals surface area (Å²) in [5.41, 5.74) is 3.64. The van der Waals surface area contributed by atoms with E-state index in [2.05, 4.69) is 24.5 Å². The van der Waals surface area contributed by atoms with Gasteiger partial charge in [0.1, 0.15) is 0 Å². The van der Waals surface area contributed by atoms with E-state index in [0.717, 1.165) is 5.56 Å². The van der Waals surface area contributed by atoms with Gasteiger partial charge in [0.2, 0.25) is 0 Å². The van der Waals surface area contributed by atoms with E-state index in [1.807, 2.05) is 0 Å². The van der Waals surface area contributed by atoms with E-state index in [4.69, 9.17) is 5.11 Å². The molecule has 0 radical (unpaired) electrons. The molecular weight excluding hydrogens is 162 g/mol. The molecule has 0 amide bonds. The first kappa shape index (κ1) is 8.82. The second-order valence-corrected chi connectivity index (χ2v) is 4.01. The highest BCUT2D eigenvalue weighted by molar-refractivity contribution is 5.27. The Morgan fingerprint density at radius 1 is 1.46 bits per heavy atom. The maximum Gasteiger partial charge on any atom is 0.0699 e. The number of aliphatic hydroxyl groups is 1. The Balaban J connectivity index is 2.37. The van der Waals surface area contributed by atoms with Gasteiger partial charge in [-0.15, -0.1) is 0 Å². The van der Waals surface area contributed by atoms with E-state index in [9.17, 15) is 0 Å². The SMILES string of the molecule is Cc1cc(CO)c(C)n1C1CCC1. The molecule has 0 aromatic carbocycles. The summed E-state index contributed by atoms with van der Waals surface area (Å²) in [7, 11) is 0. The number of hydrogen-bond donors (Lipinski definition) is 1. The Hall–Kier alpha value is -0.760. The van der Waals surface area contributed by atoms with Crippen LogP contribution in [0.3, 0.4) is 0 Å². The molecule has 2 rings (SSSR count). The number of nitrogens with zero attached hydrogens (tertiary/aromatic N) is 1. The fourth-order valence-corrected chi connectivity index (χ4v) is 2.21. The van der Waals surface area contributed by atoms with Gasteiger partial charge in [0.25, 0.3) is 0 Å². The molecule has 2 nitrogen and oxygen atoms in total. The largest absolute Gasteiger partial charge is 0.392 e. The van der Waals surface area contributed by atoms with E-state index >= 15 is 0 Å². The highest BCUT2D eigenvalue weighted by Gasteiger charge is 2.22. The van der Waals surface area contributed by atoms with Gasteiger partial charge < -0.3 is 9.67 Å². The van der Waals surface area contributed by atoms with Crippen LogP contribution in [0.15, 0.2) is 6.07 Å². The van der Waals surface area contributed by atoms with Gasteiger partial charge in [-0.25, -0.2) is 0 Å².